The number of anilines is 6. The average Bonchev–Trinajstić information content (AvgIpc) is 3.20. The summed E-state index contributed by atoms with van der Waals surface area (Å²) in [5, 5.41) is 24.2. The molecular weight excluding hydrogens is 984 g/mol. The van der Waals surface area contributed by atoms with Crippen molar-refractivity contribution in [2.45, 2.75) is 26.5 Å². The second kappa shape index (κ2) is 18.5. The van der Waals surface area contributed by atoms with Crippen LogP contribution >= 0.6 is 11.6 Å². The summed E-state index contributed by atoms with van der Waals surface area (Å²) in [6, 6.07) is 18.1. The molecule has 6 aromatic rings. The Morgan fingerprint density at radius 3 is 1.95 bits per heavy atom. The third kappa shape index (κ3) is 11.8. The maximum Gasteiger partial charge on any atom is 0.397 e. The molecule has 0 atom stereocenters. The largest absolute Gasteiger partial charge is 0.505 e. The highest BCUT2D eigenvalue weighted by Gasteiger charge is 2.27. The van der Waals surface area contributed by atoms with E-state index in [1.807, 2.05) is 0 Å². The zero-order chi connectivity index (χ0) is 47.7. The van der Waals surface area contributed by atoms with E-state index in [0.717, 1.165) is 24.3 Å². The lowest BCUT2D eigenvalue weighted by atomic mass is 10.1. The Labute approximate surface area is 374 Å². The van der Waals surface area contributed by atoms with Crippen molar-refractivity contribution >= 4 is 119 Å². The molecular formula is C35H31ClN8O16S5. The molecule has 65 heavy (non-hydrogen) atoms. The van der Waals surface area contributed by atoms with Crippen molar-refractivity contribution in [1.29, 1.82) is 0 Å². The molecule has 1 aromatic heterocycles. The van der Waals surface area contributed by atoms with Gasteiger partial charge in [-0.25, -0.2) is 12.6 Å². The van der Waals surface area contributed by atoms with Crippen LogP contribution in [-0.2, 0) is 54.8 Å². The first-order valence-corrected chi connectivity index (χ1v) is 25.5. The Kier molecular flexibility index (Phi) is 13.8. The number of phenols is 1. The van der Waals surface area contributed by atoms with Gasteiger partial charge in [0.2, 0.25) is 17.8 Å². The van der Waals surface area contributed by atoms with E-state index in [2.05, 4.69) is 40.0 Å². The molecule has 1 heterocycles. The summed E-state index contributed by atoms with van der Waals surface area (Å²) in [4.78, 5) is 11.5. The van der Waals surface area contributed by atoms with E-state index in [4.69, 9.17) is 16.2 Å². The standard InChI is InChI=1S/C35H31ClN8O16S5/c1-2-44(23-6-5-7-24(18-23)61(46,47)15-14-60-65(57,58)59)35-40-33(37-22-12-10-21(36)11-13-22)39-34(41-35)38-27-19-25(62(48,49)50)16-20-17-29(64(54,55)56)31(32(45)30(20)27)43-42-26-8-3-4-9-28(26)63(51,52)53/h3-13,16-19,45H,2,14-15H2,1H3,(H,48,49,50)(H,51,52,53)(H,54,55,56)(H,57,58,59)(H2,37,38,39,40,41). The Morgan fingerprint density at radius 2 is 1.34 bits per heavy atom. The van der Waals surface area contributed by atoms with Gasteiger partial charge in [0.15, 0.2) is 15.6 Å². The number of aromatic nitrogens is 3. The highest BCUT2D eigenvalue weighted by Crippen LogP contribution is 2.46. The predicted molar refractivity (Wildman–Crippen MR) is 232 cm³/mol. The van der Waals surface area contributed by atoms with Crippen molar-refractivity contribution in [2.24, 2.45) is 10.2 Å². The van der Waals surface area contributed by atoms with Crippen LogP contribution < -0.4 is 15.5 Å². The van der Waals surface area contributed by atoms with E-state index in [0.29, 0.717) is 16.8 Å². The summed E-state index contributed by atoms with van der Waals surface area (Å²) in [7, 11) is -24.6. The van der Waals surface area contributed by atoms with Crippen LogP contribution in [0.2, 0.25) is 5.02 Å². The maximum absolute atomic E-state index is 13.1. The molecule has 0 aliphatic heterocycles. The predicted octanol–water partition coefficient (Wildman–Crippen LogP) is 5.78. The minimum absolute atomic E-state index is 0.0225. The molecule has 0 aliphatic rings. The van der Waals surface area contributed by atoms with Crippen LogP contribution in [-0.4, -0.2) is 99.3 Å². The topological polar surface area (TPSA) is 372 Å². The number of nitrogens with one attached hydrogen (secondary N) is 2. The van der Waals surface area contributed by atoms with Gasteiger partial charge in [0.25, 0.3) is 30.4 Å². The van der Waals surface area contributed by atoms with Crippen LogP contribution in [0.25, 0.3) is 10.8 Å². The number of benzene rings is 5. The summed E-state index contributed by atoms with van der Waals surface area (Å²) in [6.07, 6.45) is 0. The first-order chi connectivity index (χ1) is 30.2. The molecule has 24 nitrogen and oxygen atoms in total. The van der Waals surface area contributed by atoms with Crippen molar-refractivity contribution in [2.75, 3.05) is 34.4 Å². The third-order valence-corrected chi connectivity index (χ3v) is 13.7. The van der Waals surface area contributed by atoms with E-state index in [1.165, 1.54) is 53.4 Å². The summed E-state index contributed by atoms with van der Waals surface area (Å²) < 4.78 is 166. The zero-order valence-electron chi connectivity index (χ0n) is 32.6. The SMILES string of the molecule is CCN(c1cccc(S(=O)(=O)CCOS(=O)(=O)O)c1)c1nc(Nc2ccc(Cl)cc2)nc(Nc2cc(S(=O)(=O)O)cc3cc(S(=O)(=O)O)c(N=Nc4ccccc4S(=O)(=O)O)c(O)c23)n1. The molecule has 0 unspecified atom stereocenters. The Morgan fingerprint density at radius 1 is 0.692 bits per heavy atom. The van der Waals surface area contributed by atoms with Gasteiger partial charge in [-0.2, -0.15) is 48.6 Å². The number of azo groups is 1. The quantitative estimate of drug-likeness (QED) is 0.0420. The van der Waals surface area contributed by atoms with E-state index in [-0.39, 0.29) is 29.0 Å². The van der Waals surface area contributed by atoms with Crippen LogP contribution in [0, 0.1) is 0 Å². The number of halogens is 1. The van der Waals surface area contributed by atoms with Crippen molar-refractivity contribution in [3.8, 4) is 5.75 Å². The number of fused-ring (bicyclic) bond motifs is 1. The monoisotopic (exact) mass is 1010 g/mol. The minimum atomic E-state index is -5.36. The second-order valence-corrected chi connectivity index (χ2v) is 20.9. The van der Waals surface area contributed by atoms with Gasteiger partial charge >= 0.3 is 10.4 Å². The number of nitrogens with zero attached hydrogens (tertiary/aromatic N) is 6. The molecule has 5 aromatic carbocycles. The van der Waals surface area contributed by atoms with Crippen LogP contribution in [0.1, 0.15) is 6.92 Å². The Bertz CT molecular complexity index is 3460. The normalized spacial score (nSPS) is 12.7. The van der Waals surface area contributed by atoms with Crippen molar-refractivity contribution in [1.82, 2.24) is 15.0 Å². The number of hydrogen-bond acceptors (Lipinski definition) is 20. The van der Waals surface area contributed by atoms with Gasteiger partial charge in [0, 0.05) is 28.3 Å². The summed E-state index contributed by atoms with van der Waals surface area (Å²) in [6.45, 7) is 0.745. The average molecular weight is 1020 g/mol. The number of hydrogen-bond donors (Lipinski definition) is 7. The van der Waals surface area contributed by atoms with Gasteiger partial charge in [-0.15, -0.1) is 10.2 Å². The second-order valence-electron chi connectivity index (χ2n) is 13.1. The highest BCUT2D eigenvalue weighted by atomic mass is 35.5. The molecule has 0 amide bonds. The molecule has 0 bridgehead atoms. The Hall–Kier alpha value is -5.99. The molecule has 0 radical (unpaired) electrons. The van der Waals surface area contributed by atoms with E-state index >= 15 is 0 Å². The number of sulfone groups is 1. The van der Waals surface area contributed by atoms with Gasteiger partial charge in [-0.1, -0.05) is 29.8 Å². The van der Waals surface area contributed by atoms with Gasteiger partial charge in [0.1, 0.15) is 21.2 Å². The molecule has 0 fully saturated rings. The van der Waals surface area contributed by atoms with E-state index in [9.17, 15) is 60.9 Å². The van der Waals surface area contributed by atoms with Crippen LogP contribution in [0.4, 0.5) is 46.3 Å². The number of rotatable bonds is 17. The van der Waals surface area contributed by atoms with Crippen LogP contribution in [0.5, 0.6) is 5.75 Å². The van der Waals surface area contributed by atoms with Crippen LogP contribution in [0.3, 0.4) is 0 Å². The van der Waals surface area contributed by atoms with Crippen LogP contribution in [0.15, 0.2) is 121 Å². The fourth-order valence-electron chi connectivity index (χ4n) is 5.89. The lowest BCUT2D eigenvalue weighted by Crippen LogP contribution is -2.21. The lowest BCUT2D eigenvalue weighted by molar-refractivity contribution is 0.284. The molecule has 7 N–H and O–H groups in total. The van der Waals surface area contributed by atoms with Gasteiger partial charge in [-0.05, 0) is 85.1 Å². The van der Waals surface area contributed by atoms with Gasteiger partial charge in [0.05, 0.1) is 27.8 Å². The maximum atomic E-state index is 13.1. The van der Waals surface area contributed by atoms with Crippen molar-refractivity contribution in [3.05, 3.63) is 96.0 Å². The lowest BCUT2D eigenvalue weighted by Gasteiger charge is -2.23. The minimum Gasteiger partial charge on any atom is -0.505 e. The number of aromatic hydroxyl groups is 1. The first-order valence-electron chi connectivity index (χ1n) is 17.8. The molecule has 0 saturated heterocycles. The molecule has 6 rings (SSSR count). The molecule has 0 spiro atoms. The zero-order valence-corrected chi connectivity index (χ0v) is 37.4. The molecule has 344 valence electrons. The van der Waals surface area contributed by atoms with E-state index < -0.39 is 117 Å². The number of phenolic OH excluding ortho intramolecular Hbond substituents is 1. The first kappa shape index (κ1) is 48.5. The fourth-order valence-corrected chi connectivity index (χ4v) is 9.37. The fraction of sp³-hybridized carbons (Fsp3) is 0.114. The third-order valence-electron chi connectivity index (χ3n) is 8.70. The molecule has 0 aliphatic carbocycles. The summed E-state index contributed by atoms with van der Waals surface area (Å²) >= 11 is 6.05. The molecule has 30 heteroatoms. The molecule has 0 saturated carbocycles. The van der Waals surface area contributed by atoms with Gasteiger partial charge < -0.3 is 20.6 Å². The summed E-state index contributed by atoms with van der Waals surface area (Å²) in [5.41, 5.74) is -1.49. The van der Waals surface area contributed by atoms with Crippen molar-refractivity contribution < 1.29 is 69.6 Å². The highest BCUT2D eigenvalue weighted by molar-refractivity contribution is 7.91. The van der Waals surface area contributed by atoms with Crippen molar-refractivity contribution in [3.63, 3.8) is 0 Å². The van der Waals surface area contributed by atoms with E-state index in [1.54, 1.807) is 19.1 Å². The smallest absolute Gasteiger partial charge is 0.397 e. The summed E-state index contributed by atoms with van der Waals surface area (Å²) in [5.74, 6) is -2.85. The Balaban J connectivity index is 1.55. The van der Waals surface area contributed by atoms with Gasteiger partial charge in [-0.3, -0.25) is 18.2 Å².